The van der Waals surface area contributed by atoms with Crippen LogP contribution in [0.5, 0.6) is 0 Å². The third-order valence-electron chi connectivity index (χ3n) is 6.35. The minimum Gasteiger partial charge on any atom is -0.324 e. The number of aromatic nitrogens is 2. The summed E-state index contributed by atoms with van der Waals surface area (Å²) in [5.41, 5.74) is 1.96. The third-order valence-corrected chi connectivity index (χ3v) is 8.15. The number of carbonyl (C=O) groups excluding carboxylic acids is 1. The van der Waals surface area contributed by atoms with Gasteiger partial charge in [-0.05, 0) is 80.1 Å². The van der Waals surface area contributed by atoms with E-state index in [-0.39, 0.29) is 18.0 Å². The van der Waals surface area contributed by atoms with Gasteiger partial charge in [-0.1, -0.05) is 35.7 Å². The second kappa shape index (κ2) is 9.64. The molecule has 4 aromatic rings. The zero-order valence-electron chi connectivity index (χ0n) is 19.1. The van der Waals surface area contributed by atoms with E-state index in [4.69, 9.17) is 23.2 Å². The molecular weight excluding hydrogens is 505 g/mol. The number of hydrogen-bond donors (Lipinski definition) is 1. The molecule has 0 radical (unpaired) electrons. The average molecular weight is 528 g/mol. The number of anilines is 1. The molecule has 9 heteroatoms. The zero-order chi connectivity index (χ0) is 24.7. The van der Waals surface area contributed by atoms with Crippen molar-refractivity contribution in [1.82, 2.24) is 9.13 Å². The summed E-state index contributed by atoms with van der Waals surface area (Å²) in [7, 11) is 0. The Morgan fingerprint density at radius 3 is 2.49 bits per heavy atom. The highest BCUT2D eigenvalue weighted by Gasteiger charge is 2.24. The minimum atomic E-state index is -0.556. The van der Waals surface area contributed by atoms with Crippen molar-refractivity contribution in [1.29, 1.82) is 0 Å². The van der Waals surface area contributed by atoms with Gasteiger partial charge in [0, 0.05) is 20.6 Å². The Kier molecular flexibility index (Phi) is 6.57. The summed E-state index contributed by atoms with van der Waals surface area (Å²) in [6.45, 7) is 1.64. The van der Waals surface area contributed by atoms with Crippen LogP contribution in [0.25, 0.3) is 15.9 Å². The van der Waals surface area contributed by atoms with Crippen molar-refractivity contribution in [2.75, 3.05) is 5.32 Å². The van der Waals surface area contributed by atoms with Crippen molar-refractivity contribution >= 4 is 56.3 Å². The van der Waals surface area contributed by atoms with Gasteiger partial charge in [0.25, 0.3) is 5.56 Å². The van der Waals surface area contributed by atoms with Gasteiger partial charge in [-0.15, -0.1) is 11.3 Å². The maximum absolute atomic E-state index is 13.7. The molecule has 1 aliphatic rings. The monoisotopic (exact) mass is 527 g/mol. The normalized spacial score (nSPS) is 13.5. The van der Waals surface area contributed by atoms with E-state index in [9.17, 15) is 14.4 Å². The van der Waals surface area contributed by atoms with E-state index in [0.717, 1.165) is 52.7 Å². The number of amides is 1. The first-order chi connectivity index (χ1) is 16.8. The number of aryl methyl sites for hydroxylation is 3. The van der Waals surface area contributed by atoms with Crippen molar-refractivity contribution in [2.24, 2.45) is 0 Å². The molecule has 1 aliphatic carbocycles. The Labute approximate surface area is 215 Å². The van der Waals surface area contributed by atoms with E-state index in [1.165, 1.54) is 15.9 Å². The molecule has 6 nitrogen and oxygen atoms in total. The van der Waals surface area contributed by atoms with Crippen LogP contribution in [0.4, 0.5) is 5.69 Å². The predicted molar refractivity (Wildman–Crippen MR) is 143 cm³/mol. The predicted octanol–water partition coefficient (Wildman–Crippen LogP) is 5.74. The van der Waals surface area contributed by atoms with Gasteiger partial charge in [0.2, 0.25) is 5.91 Å². The number of fused-ring (bicyclic) bond motifs is 3. The van der Waals surface area contributed by atoms with Crippen LogP contribution in [-0.4, -0.2) is 15.0 Å². The van der Waals surface area contributed by atoms with Gasteiger partial charge in [-0.2, -0.15) is 0 Å². The van der Waals surface area contributed by atoms with Crippen LogP contribution in [0.3, 0.4) is 0 Å². The first kappa shape index (κ1) is 23.9. The highest BCUT2D eigenvalue weighted by Crippen LogP contribution is 2.33. The molecule has 0 aliphatic heterocycles. The number of carbonyl (C=O) groups is 1. The topological polar surface area (TPSA) is 73.1 Å². The molecule has 2 heterocycles. The summed E-state index contributed by atoms with van der Waals surface area (Å²) in [4.78, 5) is 42.2. The number of hydrogen-bond acceptors (Lipinski definition) is 4. The Morgan fingerprint density at radius 1 is 1.00 bits per heavy atom. The van der Waals surface area contributed by atoms with E-state index in [0.29, 0.717) is 31.6 Å². The van der Waals surface area contributed by atoms with Gasteiger partial charge in [0.1, 0.15) is 11.4 Å². The van der Waals surface area contributed by atoms with Crippen molar-refractivity contribution < 1.29 is 4.79 Å². The Hall–Kier alpha value is -2.87. The fourth-order valence-electron chi connectivity index (χ4n) is 4.56. The minimum absolute atomic E-state index is 0.228. The number of nitrogens with zero attached hydrogens (tertiary/aromatic N) is 2. The van der Waals surface area contributed by atoms with E-state index in [1.54, 1.807) is 36.4 Å². The lowest BCUT2D eigenvalue weighted by Gasteiger charge is -2.14. The Balaban J connectivity index is 1.68. The molecule has 1 amide bonds. The lowest BCUT2D eigenvalue weighted by Crippen LogP contribution is -2.40. The second-order valence-corrected chi connectivity index (χ2v) is 10.7. The molecule has 2 aromatic heterocycles. The maximum atomic E-state index is 13.7. The van der Waals surface area contributed by atoms with Gasteiger partial charge in [0.15, 0.2) is 0 Å². The molecule has 0 unspecified atom stereocenters. The summed E-state index contributed by atoms with van der Waals surface area (Å²) in [5, 5.41) is 4.40. The quantitative estimate of drug-likeness (QED) is 0.344. The van der Waals surface area contributed by atoms with E-state index >= 15 is 0 Å². The lowest BCUT2D eigenvalue weighted by atomic mass is 10.1. The number of halogens is 2. The molecule has 35 heavy (non-hydrogen) atoms. The van der Waals surface area contributed by atoms with Crippen LogP contribution < -0.4 is 16.6 Å². The molecule has 0 fully saturated rings. The summed E-state index contributed by atoms with van der Waals surface area (Å²) < 4.78 is 2.56. The molecule has 1 N–H and O–H groups in total. The summed E-state index contributed by atoms with van der Waals surface area (Å²) in [6.07, 6.45) is 4.81. The first-order valence-electron chi connectivity index (χ1n) is 11.5. The van der Waals surface area contributed by atoms with E-state index in [2.05, 4.69) is 5.32 Å². The van der Waals surface area contributed by atoms with Gasteiger partial charge >= 0.3 is 5.69 Å². The standard InChI is InChI=1S/C26H23Cl2N3O3S/c1-15-7-8-17(28)13-20(15)29-22(32)14-30-25-23(19-5-3-2-4-6-21(19)35-25)24(33)31(26(30)34)18-11-9-16(27)10-12-18/h7-13H,2-6,14H2,1H3,(H,29,32). The van der Waals surface area contributed by atoms with Crippen LogP contribution in [0.15, 0.2) is 52.1 Å². The molecule has 2 aromatic carbocycles. The Bertz CT molecular complexity index is 1570. The van der Waals surface area contributed by atoms with Gasteiger partial charge < -0.3 is 5.32 Å². The summed E-state index contributed by atoms with van der Waals surface area (Å²) in [5.74, 6) is -0.372. The van der Waals surface area contributed by atoms with Crippen molar-refractivity contribution in [2.45, 2.75) is 45.6 Å². The average Bonchev–Trinajstić information content (AvgIpc) is 3.03. The van der Waals surface area contributed by atoms with Crippen molar-refractivity contribution in [3.05, 3.63) is 89.4 Å². The van der Waals surface area contributed by atoms with Gasteiger partial charge in [0.05, 0.1) is 11.1 Å². The fraction of sp³-hybridized carbons (Fsp3) is 0.269. The molecule has 0 saturated heterocycles. The molecular formula is C26H23Cl2N3O3S. The van der Waals surface area contributed by atoms with Crippen LogP contribution in [0.2, 0.25) is 10.0 Å². The number of thiophene rings is 1. The van der Waals surface area contributed by atoms with Gasteiger partial charge in [-0.3, -0.25) is 14.2 Å². The zero-order valence-corrected chi connectivity index (χ0v) is 21.4. The lowest BCUT2D eigenvalue weighted by molar-refractivity contribution is -0.116. The number of benzene rings is 2. The summed E-state index contributed by atoms with van der Waals surface area (Å²) in [6, 6.07) is 11.8. The molecule has 5 rings (SSSR count). The fourth-order valence-corrected chi connectivity index (χ4v) is 6.24. The largest absolute Gasteiger partial charge is 0.337 e. The van der Waals surface area contributed by atoms with Crippen LogP contribution in [0, 0.1) is 6.92 Å². The Morgan fingerprint density at radius 2 is 1.71 bits per heavy atom. The van der Waals surface area contributed by atoms with Gasteiger partial charge in [-0.25, -0.2) is 9.36 Å². The molecule has 0 bridgehead atoms. The molecule has 0 spiro atoms. The first-order valence-corrected chi connectivity index (χ1v) is 13.0. The van der Waals surface area contributed by atoms with E-state index in [1.807, 2.05) is 13.0 Å². The maximum Gasteiger partial charge on any atom is 0.337 e. The molecule has 0 saturated carbocycles. The van der Waals surface area contributed by atoms with Crippen molar-refractivity contribution in [3.8, 4) is 5.69 Å². The van der Waals surface area contributed by atoms with E-state index < -0.39 is 5.69 Å². The second-order valence-electron chi connectivity index (χ2n) is 8.74. The smallest absolute Gasteiger partial charge is 0.324 e. The highest BCUT2D eigenvalue weighted by atomic mass is 35.5. The number of nitrogens with one attached hydrogen (secondary N) is 1. The molecule has 180 valence electrons. The van der Waals surface area contributed by atoms with Crippen LogP contribution in [-0.2, 0) is 24.2 Å². The number of rotatable bonds is 4. The molecule has 0 atom stereocenters. The van der Waals surface area contributed by atoms with Crippen LogP contribution >= 0.6 is 34.5 Å². The summed E-state index contributed by atoms with van der Waals surface area (Å²) >= 11 is 13.6. The third kappa shape index (κ3) is 4.56. The highest BCUT2D eigenvalue weighted by molar-refractivity contribution is 7.18. The van der Waals surface area contributed by atoms with Crippen molar-refractivity contribution in [3.63, 3.8) is 0 Å². The SMILES string of the molecule is Cc1ccc(Cl)cc1NC(=O)Cn1c(=O)n(-c2ccc(Cl)cc2)c(=O)c2c3c(sc21)CCCCC3. The van der Waals surface area contributed by atoms with Crippen LogP contribution in [0.1, 0.15) is 35.3 Å².